The van der Waals surface area contributed by atoms with Gasteiger partial charge in [0.15, 0.2) is 5.76 Å². The standard InChI is InChI=1S/C25H18Cl2N2O3S/c26-20-13-10-18(15-21(20)27)29-25(31)23(16-5-2-1-3-6-16)33-19-11-8-17(9-12-19)28-24(30)22-7-4-14-32-22/h1-15,23H,(H,28,30)(H,29,31). The van der Waals surface area contributed by atoms with E-state index in [4.69, 9.17) is 27.6 Å². The molecular weight excluding hydrogens is 479 g/mol. The highest BCUT2D eigenvalue weighted by Gasteiger charge is 2.22. The van der Waals surface area contributed by atoms with Crippen LogP contribution >= 0.6 is 35.0 Å². The minimum absolute atomic E-state index is 0.195. The van der Waals surface area contributed by atoms with Crippen LogP contribution in [0.5, 0.6) is 0 Å². The van der Waals surface area contributed by atoms with Gasteiger partial charge in [-0.3, -0.25) is 9.59 Å². The summed E-state index contributed by atoms with van der Waals surface area (Å²) in [6.07, 6.45) is 1.45. The first kappa shape index (κ1) is 23.0. The summed E-state index contributed by atoms with van der Waals surface area (Å²) in [5, 5.41) is 5.96. The maximum absolute atomic E-state index is 13.2. The van der Waals surface area contributed by atoms with Gasteiger partial charge in [-0.05, 0) is 60.2 Å². The predicted molar refractivity (Wildman–Crippen MR) is 133 cm³/mol. The number of halogens is 2. The maximum Gasteiger partial charge on any atom is 0.291 e. The van der Waals surface area contributed by atoms with E-state index in [1.54, 1.807) is 42.5 Å². The molecular formula is C25H18Cl2N2O3S. The molecule has 0 aliphatic carbocycles. The third-order valence-corrected chi connectivity index (χ3v) is 6.64. The zero-order chi connectivity index (χ0) is 23.2. The quantitative estimate of drug-likeness (QED) is 0.263. The Kier molecular flexibility index (Phi) is 7.40. The smallest absolute Gasteiger partial charge is 0.291 e. The molecule has 0 radical (unpaired) electrons. The van der Waals surface area contributed by atoms with E-state index in [-0.39, 0.29) is 17.6 Å². The SMILES string of the molecule is O=C(Nc1ccc(SC(C(=O)Nc2ccc(Cl)c(Cl)c2)c2ccccc2)cc1)c1ccco1. The number of furan rings is 1. The van der Waals surface area contributed by atoms with Crippen molar-refractivity contribution in [1.29, 1.82) is 0 Å². The molecule has 0 saturated heterocycles. The lowest BCUT2D eigenvalue weighted by atomic mass is 10.1. The molecule has 1 atom stereocenters. The van der Waals surface area contributed by atoms with Crippen LogP contribution in [0.2, 0.25) is 10.0 Å². The molecule has 1 heterocycles. The van der Waals surface area contributed by atoms with Gasteiger partial charge in [-0.15, -0.1) is 11.8 Å². The fourth-order valence-corrected chi connectivity index (χ4v) is 4.36. The third-order valence-electron chi connectivity index (χ3n) is 4.64. The molecule has 5 nitrogen and oxygen atoms in total. The van der Waals surface area contributed by atoms with Gasteiger partial charge < -0.3 is 15.1 Å². The molecule has 1 unspecified atom stereocenters. The summed E-state index contributed by atoms with van der Waals surface area (Å²) in [5.41, 5.74) is 2.04. The molecule has 1 aromatic heterocycles. The maximum atomic E-state index is 13.2. The van der Waals surface area contributed by atoms with Crippen LogP contribution in [-0.2, 0) is 4.79 Å². The Morgan fingerprint density at radius 1 is 0.788 bits per heavy atom. The molecule has 8 heteroatoms. The second-order valence-corrected chi connectivity index (χ2v) is 8.98. The number of anilines is 2. The van der Waals surface area contributed by atoms with Gasteiger partial charge in [0.05, 0.1) is 16.3 Å². The summed E-state index contributed by atoms with van der Waals surface area (Å²) >= 11 is 13.5. The molecule has 0 saturated carbocycles. The summed E-state index contributed by atoms with van der Waals surface area (Å²) in [4.78, 5) is 26.2. The molecule has 4 rings (SSSR count). The van der Waals surface area contributed by atoms with Crippen LogP contribution in [-0.4, -0.2) is 11.8 Å². The van der Waals surface area contributed by atoms with Crippen molar-refractivity contribution in [2.24, 2.45) is 0 Å². The van der Waals surface area contributed by atoms with Crippen LogP contribution in [0.3, 0.4) is 0 Å². The van der Waals surface area contributed by atoms with Crippen molar-refractivity contribution in [1.82, 2.24) is 0 Å². The molecule has 0 spiro atoms. The van der Waals surface area contributed by atoms with E-state index in [1.807, 2.05) is 42.5 Å². The summed E-state index contributed by atoms with van der Waals surface area (Å²) in [6, 6.07) is 25.0. The lowest BCUT2D eigenvalue weighted by molar-refractivity contribution is -0.115. The molecule has 4 aromatic rings. The minimum Gasteiger partial charge on any atom is -0.459 e. The number of amides is 2. The Morgan fingerprint density at radius 2 is 1.52 bits per heavy atom. The largest absolute Gasteiger partial charge is 0.459 e. The zero-order valence-electron chi connectivity index (χ0n) is 17.1. The number of thioether (sulfide) groups is 1. The van der Waals surface area contributed by atoms with E-state index >= 15 is 0 Å². The van der Waals surface area contributed by atoms with Gasteiger partial charge in [-0.25, -0.2) is 0 Å². The van der Waals surface area contributed by atoms with Crippen molar-refractivity contribution < 1.29 is 14.0 Å². The number of nitrogens with one attached hydrogen (secondary N) is 2. The highest BCUT2D eigenvalue weighted by Crippen LogP contribution is 2.37. The van der Waals surface area contributed by atoms with Crippen molar-refractivity contribution in [2.45, 2.75) is 10.1 Å². The summed E-state index contributed by atoms with van der Waals surface area (Å²) in [7, 11) is 0. The van der Waals surface area contributed by atoms with Gasteiger partial charge in [-0.2, -0.15) is 0 Å². The van der Waals surface area contributed by atoms with Crippen molar-refractivity contribution in [3.05, 3.63) is 113 Å². The van der Waals surface area contributed by atoms with E-state index in [9.17, 15) is 9.59 Å². The van der Waals surface area contributed by atoms with E-state index in [1.165, 1.54) is 18.0 Å². The van der Waals surface area contributed by atoms with Crippen LogP contribution < -0.4 is 10.6 Å². The lowest BCUT2D eigenvalue weighted by Crippen LogP contribution is -2.19. The highest BCUT2D eigenvalue weighted by atomic mass is 35.5. The average molecular weight is 497 g/mol. The van der Waals surface area contributed by atoms with Gasteiger partial charge in [0.25, 0.3) is 5.91 Å². The Bertz CT molecular complexity index is 1250. The first-order chi connectivity index (χ1) is 16.0. The number of carbonyl (C=O) groups is 2. The molecule has 2 amide bonds. The second kappa shape index (κ2) is 10.6. The summed E-state index contributed by atoms with van der Waals surface area (Å²) < 4.78 is 5.11. The van der Waals surface area contributed by atoms with Crippen LogP contribution in [0.25, 0.3) is 0 Å². The Balaban J connectivity index is 1.50. The molecule has 0 fully saturated rings. The van der Waals surface area contributed by atoms with E-state index < -0.39 is 5.25 Å². The molecule has 166 valence electrons. The fraction of sp³-hybridized carbons (Fsp3) is 0.0400. The van der Waals surface area contributed by atoms with E-state index in [0.29, 0.717) is 21.4 Å². The van der Waals surface area contributed by atoms with Gasteiger partial charge in [-0.1, -0.05) is 53.5 Å². The van der Waals surface area contributed by atoms with Crippen LogP contribution in [0.1, 0.15) is 21.4 Å². The highest BCUT2D eigenvalue weighted by molar-refractivity contribution is 8.00. The van der Waals surface area contributed by atoms with Gasteiger partial charge in [0.2, 0.25) is 5.91 Å². The third kappa shape index (κ3) is 5.99. The van der Waals surface area contributed by atoms with E-state index in [2.05, 4.69) is 10.6 Å². The number of rotatable bonds is 7. The first-order valence-electron chi connectivity index (χ1n) is 9.92. The lowest BCUT2D eigenvalue weighted by Gasteiger charge is -2.17. The van der Waals surface area contributed by atoms with Crippen molar-refractivity contribution >= 4 is 58.2 Å². The van der Waals surface area contributed by atoms with Gasteiger partial charge in [0.1, 0.15) is 5.25 Å². The first-order valence-corrected chi connectivity index (χ1v) is 11.6. The van der Waals surface area contributed by atoms with Crippen LogP contribution in [0.4, 0.5) is 11.4 Å². The van der Waals surface area contributed by atoms with Gasteiger partial charge in [0, 0.05) is 16.3 Å². The fourth-order valence-electron chi connectivity index (χ4n) is 3.04. The number of hydrogen-bond donors (Lipinski definition) is 2. The molecule has 3 aromatic carbocycles. The Morgan fingerprint density at radius 3 is 2.18 bits per heavy atom. The van der Waals surface area contributed by atoms with E-state index in [0.717, 1.165) is 10.5 Å². The normalized spacial score (nSPS) is 11.6. The number of benzene rings is 3. The monoisotopic (exact) mass is 496 g/mol. The summed E-state index contributed by atoms with van der Waals surface area (Å²) in [6.45, 7) is 0. The van der Waals surface area contributed by atoms with Gasteiger partial charge >= 0.3 is 0 Å². The average Bonchev–Trinajstić information content (AvgIpc) is 3.37. The molecule has 2 N–H and O–H groups in total. The Hall–Kier alpha value is -3.19. The van der Waals surface area contributed by atoms with Crippen LogP contribution in [0, 0.1) is 0 Å². The van der Waals surface area contributed by atoms with Crippen molar-refractivity contribution in [3.63, 3.8) is 0 Å². The second-order valence-electron chi connectivity index (χ2n) is 6.98. The molecule has 0 aliphatic heterocycles. The number of carbonyl (C=O) groups excluding carboxylic acids is 2. The Labute approximate surface area is 205 Å². The number of hydrogen-bond acceptors (Lipinski definition) is 4. The topological polar surface area (TPSA) is 71.3 Å². The summed E-state index contributed by atoms with van der Waals surface area (Å²) in [5.74, 6) is -0.292. The molecule has 0 bridgehead atoms. The van der Waals surface area contributed by atoms with Crippen molar-refractivity contribution in [2.75, 3.05) is 10.6 Å². The molecule has 33 heavy (non-hydrogen) atoms. The minimum atomic E-state index is -0.510. The predicted octanol–water partition coefficient (Wildman–Crippen LogP) is 7.31. The van der Waals surface area contributed by atoms with Crippen LogP contribution in [0.15, 0.2) is 101 Å². The van der Waals surface area contributed by atoms with Crippen molar-refractivity contribution in [3.8, 4) is 0 Å². The zero-order valence-corrected chi connectivity index (χ0v) is 19.5. The molecule has 0 aliphatic rings.